The average Bonchev–Trinajstić information content (AvgIpc) is 3.15. The highest BCUT2D eigenvalue weighted by atomic mass is 19.3. The fraction of sp³-hybridized carbons (Fsp3) is 0.538. The third kappa shape index (κ3) is 3.22. The SMILES string of the molecule is FC(F)C(F)(F)CNC(c1ccccc1)C1CC1. The molecule has 100 valence electrons. The lowest BCUT2D eigenvalue weighted by molar-refractivity contribution is -0.126. The summed E-state index contributed by atoms with van der Waals surface area (Å²) in [4.78, 5) is 0. The maximum atomic E-state index is 12.9. The van der Waals surface area contributed by atoms with Gasteiger partial charge in [-0.2, -0.15) is 8.78 Å². The van der Waals surface area contributed by atoms with Crippen LogP contribution in [0, 0.1) is 5.92 Å². The summed E-state index contributed by atoms with van der Waals surface area (Å²) < 4.78 is 50.0. The number of rotatable bonds is 6. The van der Waals surface area contributed by atoms with Gasteiger partial charge in [0.2, 0.25) is 0 Å². The Balaban J connectivity index is 2.00. The highest BCUT2D eigenvalue weighted by molar-refractivity contribution is 5.21. The second-order valence-electron chi connectivity index (χ2n) is 4.67. The lowest BCUT2D eigenvalue weighted by atomic mass is 10.0. The number of nitrogens with one attached hydrogen (secondary N) is 1. The molecule has 0 aliphatic heterocycles. The van der Waals surface area contributed by atoms with Gasteiger partial charge in [-0.05, 0) is 24.3 Å². The zero-order valence-corrected chi connectivity index (χ0v) is 9.75. The lowest BCUT2D eigenvalue weighted by Gasteiger charge is -2.22. The van der Waals surface area contributed by atoms with Gasteiger partial charge >= 0.3 is 12.3 Å². The predicted molar refractivity (Wildman–Crippen MR) is 60.9 cm³/mol. The van der Waals surface area contributed by atoms with Crippen LogP contribution in [-0.4, -0.2) is 18.9 Å². The minimum atomic E-state index is -3.97. The van der Waals surface area contributed by atoms with Gasteiger partial charge in [0, 0.05) is 6.04 Å². The largest absolute Gasteiger partial charge is 0.319 e. The molecule has 0 radical (unpaired) electrons. The number of hydrogen-bond acceptors (Lipinski definition) is 1. The van der Waals surface area contributed by atoms with E-state index in [0.29, 0.717) is 0 Å². The van der Waals surface area contributed by atoms with Crippen LogP contribution in [0.15, 0.2) is 30.3 Å². The Labute approximate surface area is 103 Å². The molecule has 1 aliphatic carbocycles. The predicted octanol–water partition coefficient (Wildman–Crippen LogP) is 3.63. The molecule has 1 aromatic rings. The van der Waals surface area contributed by atoms with Gasteiger partial charge in [0.1, 0.15) is 0 Å². The van der Waals surface area contributed by atoms with E-state index in [-0.39, 0.29) is 12.0 Å². The van der Waals surface area contributed by atoms with Crippen LogP contribution in [0.3, 0.4) is 0 Å². The van der Waals surface area contributed by atoms with Crippen molar-refractivity contribution in [2.75, 3.05) is 6.54 Å². The number of hydrogen-bond donors (Lipinski definition) is 1. The van der Waals surface area contributed by atoms with E-state index in [1.54, 1.807) is 0 Å². The molecule has 1 nitrogen and oxygen atoms in total. The maximum Gasteiger partial charge on any atom is 0.319 e. The van der Waals surface area contributed by atoms with E-state index in [0.717, 1.165) is 18.4 Å². The molecule has 5 heteroatoms. The van der Waals surface area contributed by atoms with Crippen molar-refractivity contribution in [3.63, 3.8) is 0 Å². The molecule has 0 spiro atoms. The molecule has 1 N–H and O–H groups in total. The van der Waals surface area contributed by atoms with Crippen LogP contribution in [0.5, 0.6) is 0 Å². The second kappa shape index (κ2) is 5.26. The van der Waals surface area contributed by atoms with Crippen molar-refractivity contribution in [2.24, 2.45) is 5.92 Å². The quantitative estimate of drug-likeness (QED) is 0.771. The molecule has 2 rings (SSSR count). The van der Waals surface area contributed by atoms with Crippen LogP contribution in [0.25, 0.3) is 0 Å². The maximum absolute atomic E-state index is 12.9. The number of halogens is 4. The molecule has 18 heavy (non-hydrogen) atoms. The van der Waals surface area contributed by atoms with Crippen molar-refractivity contribution in [3.8, 4) is 0 Å². The summed E-state index contributed by atoms with van der Waals surface area (Å²) in [6.45, 7) is -0.985. The molecular weight excluding hydrogens is 246 g/mol. The number of alkyl halides is 4. The first-order chi connectivity index (χ1) is 8.50. The molecule has 0 heterocycles. The Kier molecular flexibility index (Phi) is 3.90. The smallest absolute Gasteiger partial charge is 0.304 e. The van der Waals surface area contributed by atoms with Gasteiger partial charge in [-0.3, -0.25) is 0 Å². The van der Waals surface area contributed by atoms with Gasteiger partial charge < -0.3 is 5.32 Å². The van der Waals surface area contributed by atoms with Gasteiger partial charge in [0.15, 0.2) is 0 Å². The fourth-order valence-electron chi connectivity index (χ4n) is 1.97. The molecule has 1 saturated carbocycles. The van der Waals surface area contributed by atoms with Gasteiger partial charge in [0.05, 0.1) is 6.54 Å². The van der Waals surface area contributed by atoms with Crippen LogP contribution >= 0.6 is 0 Å². The summed E-state index contributed by atoms with van der Waals surface area (Å²) in [5.74, 6) is -3.69. The molecule has 1 fully saturated rings. The molecule has 1 aliphatic rings. The molecular formula is C13H15F4N. The molecule has 1 aromatic carbocycles. The molecule has 1 atom stereocenters. The van der Waals surface area contributed by atoms with Gasteiger partial charge in [-0.25, -0.2) is 8.78 Å². The van der Waals surface area contributed by atoms with Crippen LogP contribution in [0.2, 0.25) is 0 Å². The normalized spacial score (nSPS) is 18.1. The first-order valence-corrected chi connectivity index (χ1v) is 5.95. The highest BCUT2D eigenvalue weighted by Gasteiger charge is 2.42. The second-order valence-corrected chi connectivity index (χ2v) is 4.67. The van der Waals surface area contributed by atoms with Crippen LogP contribution in [0.4, 0.5) is 17.6 Å². The van der Waals surface area contributed by atoms with Crippen molar-refractivity contribution >= 4 is 0 Å². The summed E-state index contributed by atoms with van der Waals surface area (Å²) in [6.07, 6.45) is -1.72. The van der Waals surface area contributed by atoms with Crippen molar-refractivity contribution in [3.05, 3.63) is 35.9 Å². The van der Waals surface area contributed by atoms with E-state index in [9.17, 15) is 17.6 Å². The first-order valence-electron chi connectivity index (χ1n) is 5.95. The molecule has 0 saturated heterocycles. The van der Waals surface area contributed by atoms with Crippen molar-refractivity contribution in [1.29, 1.82) is 0 Å². The summed E-state index contributed by atoms with van der Waals surface area (Å²) in [7, 11) is 0. The van der Waals surface area contributed by atoms with Crippen molar-refractivity contribution in [1.82, 2.24) is 5.32 Å². The standard InChI is InChI=1S/C13H15F4N/c14-12(15)13(16,17)8-18-11(10-6-7-10)9-4-2-1-3-5-9/h1-5,10-12,18H,6-8H2. The third-order valence-electron chi connectivity index (χ3n) is 3.13. The van der Waals surface area contributed by atoms with Crippen LogP contribution in [0.1, 0.15) is 24.4 Å². The summed E-state index contributed by atoms with van der Waals surface area (Å²) in [6, 6.07) is 8.87. The fourth-order valence-corrected chi connectivity index (χ4v) is 1.97. The average molecular weight is 261 g/mol. The van der Waals surface area contributed by atoms with E-state index in [1.165, 1.54) is 0 Å². The Bertz CT molecular complexity index is 376. The van der Waals surface area contributed by atoms with E-state index in [1.807, 2.05) is 30.3 Å². The minimum Gasteiger partial charge on any atom is -0.304 e. The number of benzene rings is 1. The van der Waals surface area contributed by atoms with E-state index < -0.39 is 18.9 Å². The van der Waals surface area contributed by atoms with Gasteiger partial charge in [-0.15, -0.1) is 0 Å². The van der Waals surface area contributed by atoms with Gasteiger partial charge in [-0.1, -0.05) is 30.3 Å². The Morgan fingerprint density at radius 2 is 1.78 bits per heavy atom. The van der Waals surface area contributed by atoms with Crippen molar-refractivity contribution in [2.45, 2.75) is 31.2 Å². The minimum absolute atomic E-state index is 0.254. The topological polar surface area (TPSA) is 12.0 Å². The van der Waals surface area contributed by atoms with Crippen LogP contribution < -0.4 is 5.32 Å². The molecule has 1 unspecified atom stereocenters. The third-order valence-corrected chi connectivity index (χ3v) is 3.13. The van der Waals surface area contributed by atoms with Crippen molar-refractivity contribution < 1.29 is 17.6 Å². The monoisotopic (exact) mass is 261 g/mol. The van der Waals surface area contributed by atoms with Crippen LogP contribution in [-0.2, 0) is 0 Å². The van der Waals surface area contributed by atoms with Gasteiger partial charge in [0.25, 0.3) is 0 Å². The zero-order chi connectivity index (χ0) is 13.2. The van der Waals surface area contributed by atoms with E-state index in [2.05, 4.69) is 5.32 Å². The Hall–Kier alpha value is -1.10. The first kappa shape index (κ1) is 13.3. The Morgan fingerprint density at radius 3 is 2.28 bits per heavy atom. The molecule has 0 amide bonds. The summed E-state index contributed by atoms with van der Waals surface area (Å²) in [5.41, 5.74) is 0.880. The van der Waals surface area contributed by atoms with E-state index >= 15 is 0 Å². The molecule has 0 bridgehead atoms. The highest BCUT2D eigenvalue weighted by Crippen LogP contribution is 2.41. The summed E-state index contributed by atoms with van der Waals surface area (Å²) in [5, 5.41) is 2.59. The van der Waals surface area contributed by atoms with E-state index in [4.69, 9.17) is 0 Å². The zero-order valence-electron chi connectivity index (χ0n) is 9.75. The Morgan fingerprint density at radius 1 is 1.17 bits per heavy atom. The summed E-state index contributed by atoms with van der Waals surface area (Å²) >= 11 is 0. The lowest BCUT2D eigenvalue weighted by Crippen LogP contribution is -2.40. The molecule has 0 aromatic heterocycles.